The molecule has 0 saturated heterocycles. The lowest BCUT2D eigenvalue weighted by Gasteiger charge is -2.11. The number of benzene rings is 2. The van der Waals surface area contributed by atoms with Gasteiger partial charge in [0.05, 0.1) is 12.2 Å². The summed E-state index contributed by atoms with van der Waals surface area (Å²) in [5, 5.41) is 0. The van der Waals surface area contributed by atoms with E-state index in [0.29, 0.717) is 23.7 Å². The van der Waals surface area contributed by atoms with E-state index in [2.05, 4.69) is 15.9 Å². The molecule has 0 saturated carbocycles. The Bertz CT molecular complexity index is 642. The van der Waals surface area contributed by atoms with Crippen molar-refractivity contribution in [3.8, 4) is 11.5 Å². The highest BCUT2D eigenvalue weighted by atomic mass is 79.9. The van der Waals surface area contributed by atoms with E-state index in [0.717, 1.165) is 15.6 Å². The Morgan fingerprint density at radius 3 is 2.43 bits per heavy atom. The van der Waals surface area contributed by atoms with Crippen LogP contribution in [0.3, 0.4) is 0 Å². The fourth-order valence-corrected chi connectivity index (χ4v) is 2.78. The normalized spacial score (nSPS) is 10.3. The first-order valence-electron chi connectivity index (χ1n) is 6.73. The van der Waals surface area contributed by atoms with Crippen LogP contribution in [0.5, 0.6) is 11.5 Å². The maximum absolute atomic E-state index is 12.3. The molecule has 0 spiro atoms. The van der Waals surface area contributed by atoms with Gasteiger partial charge in [-0.3, -0.25) is 0 Å². The topological polar surface area (TPSA) is 35.5 Å². The van der Waals surface area contributed by atoms with Crippen molar-refractivity contribution in [2.75, 3.05) is 6.61 Å². The van der Waals surface area contributed by atoms with Gasteiger partial charge in [0.1, 0.15) is 11.5 Å². The summed E-state index contributed by atoms with van der Waals surface area (Å²) in [6.07, 6.45) is 0. The Morgan fingerprint density at radius 1 is 1.14 bits per heavy atom. The van der Waals surface area contributed by atoms with Gasteiger partial charge in [0.2, 0.25) is 0 Å². The Morgan fingerprint density at radius 2 is 1.81 bits per heavy atom. The Kier molecular flexibility index (Phi) is 5.02. The van der Waals surface area contributed by atoms with Crippen molar-refractivity contribution >= 4 is 21.9 Å². The van der Waals surface area contributed by atoms with E-state index in [1.165, 1.54) is 0 Å². The van der Waals surface area contributed by atoms with Gasteiger partial charge in [-0.25, -0.2) is 4.79 Å². The molecule has 4 heteroatoms. The highest BCUT2D eigenvalue weighted by molar-refractivity contribution is 9.10. The van der Waals surface area contributed by atoms with Crippen LogP contribution in [0, 0.1) is 13.8 Å². The van der Waals surface area contributed by atoms with Crippen LogP contribution in [0.1, 0.15) is 28.4 Å². The largest absolute Gasteiger partial charge is 0.494 e. The fraction of sp³-hybridized carbons (Fsp3) is 0.235. The maximum atomic E-state index is 12.3. The number of esters is 1. The molecule has 0 aliphatic heterocycles. The van der Waals surface area contributed by atoms with Gasteiger partial charge in [-0.05, 0) is 62.2 Å². The molecule has 0 amide bonds. The predicted molar refractivity (Wildman–Crippen MR) is 86.2 cm³/mol. The molecule has 110 valence electrons. The number of aryl methyl sites for hydroxylation is 2. The summed E-state index contributed by atoms with van der Waals surface area (Å²) in [7, 11) is 0. The van der Waals surface area contributed by atoms with Crippen LogP contribution < -0.4 is 9.47 Å². The lowest BCUT2D eigenvalue weighted by atomic mass is 10.1. The smallest absolute Gasteiger partial charge is 0.343 e. The van der Waals surface area contributed by atoms with Crippen LogP contribution in [0.15, 0.2) is 40.9 Å². The van der Waals surface area contributed by atoms with Gasteiger partial charge >= 0.3 is 5.97 Å². The molecule has 2 aromatic carbocycles. The van der Waals surface area contributed by atoms with E-state index in [4.69, 9.17) is 9.47 Å². The van der Waals surface area contributed by atoms with Gasteiger partial charge in [0.15, 0.2) is 0 Å². The molecule has 0 aliphatic carbocycles. The van der Waals surface area contributed by atoms with Crippen molar-refractivity contribution in [3.63, 3.8) is 0 Å². The van der Waals surface area contributed by atoms with E-state index in [9.17, 15) is 4.79 Å². The average Bonchev–Trinajstić information content (AvgIpc) is 2.43. The van der Waals surface area contributed by atoms with Gasteiger partial charge in [-0.15, -0.1) is 0 Å². The molecule has 3 nitrogen and oxygen atoms in total. The van der Waals surface area contributed by atoms with E-state index in [-0.39, 0.29) is 5.97 Å². The minimum atomic E-state index is -0.384. The van der Waals surface area contributed by atoms with Crippen LogP contribution in [0.4, 0.5) is 0 Å². The van der Waals surface area contributed by atoms with Gasteiger partial charge < -0.3 is 9.47 Å². The van der Waals surface area contributed by atoms with Crippen LogP contribution in [0.25, 0.3) is 0 Å². The molecule has 0 radical (unpaired) electrons. The van der Waals surface area contributed by atoms with Crippen molar-refractivity contribution in [2.24, 2.45) is 0 Å². The van der Waals surface area contributed by atoms with Gasteiger partial charge in [0.25, 0.3) is 0 Å². The number of hydrogen-bond donors (Lipinski definition) is 0. The Hall–Kier alpha value is -1.81. The number of carbonyl (C=O) groups is 1. The van der Waals surface area contributed by atoms with Gasteiger partial charge in [0, 0.05) is 4.47 Å². The third-order valence-corrected chi connectivity index (χ3v) is 3.46. The summed E-state index contributed by atoms with van der Waals surface area (Å²) < 4.78 is 11.9. The Labute approximate surface area is 133 Å². The van der Waals surface area contributed by atoms with E-state index >= 15 is 0 Å². The number of rotatable bonds is 4. The van der Waals surface area contributed by atoms with Crippen molar-refractivity contribution in [1.82, 2.24) is 0 Å². The SMILES string of the molecule is CCOc1cccc(C(=O)Oc2c(C)cc(Br)cc2C)c1. The first-order valence-corrected chi connectivity index (χ1v) is 7.52. The molecule has 0 N–H and O–H groups in total. The van der Waals surface area contributed by atoms with Crippen molar-refractivity contribution in [2.45, 2.75) is 20.8 Å². The standard InChI is InChI=1S/C17H17BrO3/c1-4-20-15-7-5-6-13(10-15)17(19)21-16-11(2)8-14(18)9-12(16)3/h5-10H,4H2,1-3H3. The number of halogens is 1. The van der Waals surface area contributed by atoms with Gasteiger partial charge in [-0.1, -0.05) is 22.0 Å². The monoisotopic (exact) mass is 348 g/mol. The zero-order valence-corrected chi connectivity index (χ0v) is 13.9. The molecule has 0 aliphatic rings. The number of hydrogen-bond acceptors (Lipinski definition) is 3. The first kappa shape index (κ1) is 15.6. The highest BCUT2D eigenvalue weighted by Crippen LogP contribution is 2.28. The third kappa shape index (κ3) is 3.85. The third-order valence-electron chi connectivity index (χ3n) is 3.00. The van der Waals surface area contributed by atoms with Crippen LogP contribution in [-0.4, -0.2) is 12.6 Å². The summed E-state index contributed by atoms with van der Waals surface area (Å²) in [6.45, 7) is 6.29. The molecule has 0 unspecified atom stereocenters. The van der Waals surface area contributed by atoms with E-state index in [1.54, 1.807) is 18.2 Å². The van der Waals surface area contributed by atoms with E-state index in [1.807, 2.05) is 39.0 Å². The average molecular weight is 349 g/mol. The molecular formula is C17H17BrO3. The molecule has 2 aromatic rings. The summed E-state index contributed by atoms with van der Waals surface area (Å²) in [5.41, 5.74) is 2.30. The number of carbonyl (C=O) groups excluding carboxylic acids is 1. The van der Waals surface area contributed by atoms with Gasteiger partial charge in [-0.2, -0.15) is 0 Å². The summed E-state index contributed by atoms with van der Waals surface area (Å²) >= 11 is 3.43. The molecule has 21 heavy (non-hydrogen) atoms. The zero-order valence-electron chi connectivity index (χ0n) is 12.3. The lowest BCUT2D eigenvalue weighted by Crippen LogP contribution is -2.10. The molecular weight excluding hydrogens is 332 g/mol. The molecule has 0 fully saturated rings. The molecule has 0 aromatic heterocycles. The Balaban J connectivity index is 2.24. The minimum Gasteiger partial charge on any atom is -0.494 e. The molecule has 0 heterocycles. The first-order chi connectivity index (χ1) is 10.0. The van der Waals surface area contributed by atoms with Crippen molar-refractivity contribution in [3.05, 3.63) is 57.6 Å². The van der Waals surface area contributed by atoms with Crippen LogP contribution in [-0.2, 0) is 0 Å². The maximum Gasteiger partial charge on any atom is 0.343 e. The lowest BCUT2D eigenvalue weighted by molar-refractivity contribution is 0.0731. The second-order valence-electron chi connectivity index (χ2n) is 4.72. The summed E-state index contributed by atoms with van der Waals surface area (Å²) in [4.78, 5) is 12.3. The second kappa shape index (κ2) is 6.76. The molecule has 2 rings (SSSR count). The van der Waals surface area contributed by atoms with Crippen molar-refractivity contribution in [1.29, 1.82) is 0 Å². The van der Waals surface area contributed by atoms with E-state index < -0.39 is 0 Å². The van der Waals surface area contributed by atoms with Crippen LogP contribution in [0.2, 0.25) is 0 Å². The minimum absolute atomic E-state index is 0.384. The summed E-state index contributed by atoms with van der Waals surface area (Å²) in [6, 6.07) is 10.8. The quantitative estimate of drug-likeness (QED) is 0.594. The molecule has 0 bridgehead atoms. The second-order valence-corrected chi connectivity index (χ2v) is 5.63. The van der Waals surface area contributed by atoms with Crippen LogP contribution >= 0.6 is 15.9 Å². The predicted octanol–water partition coefficient (Wildman–Crippen LogP) is 4.68. The summed E-state index contributed by atoms with van der Waals surface area (Å²) in [5.74, 6) is 0.881. The highest BCUT2D eigenvalue weighted by Gasteiger charge is 2.13. The fourth-order valence-electron chi connectivity index (χ4n) is 2.09. The zero-order chi connectivity index (χ0) is 15.4. The molecule has 0 atom stereocenters. The number of ether oxygens (including phenoxy) is 2. The van der Waals surface area contributed by atoms with Crippen molar-refractivity contribution < 1.29 is 14.3 Å².